The number of nitrogens with zero attached hydrogens (tertiary/aromatic N) is 2. The van der Waals surface area contributed by atoms with E-state index in [0.29, 0.717) is 41.8 Å². The lowest BCUT2D eigenvalue weighted by atomic mass is 10.2. The predicted octanol–water partition coefficient (Wildman–Crippen LogP) is 4.45. The summed E-state index contributed by atoms with van der Waals surface area (Å²) in [6, 6.07) is 9.12. The van der Waals surface area contributed by atoms with Gasteiger partial charge in [-0.05, 0) is 35.7 Å². The third kappa shape index (κ3) is 5.22. The SMILES string of the molecule is O=C(/C=C/c1cccs1)N1CCN(C(=O)/C=C/c2c(Cl)cccc2Cl)CC1. The van der Waals surface area contributed by atoms with Crippen molar-refractivity contribution in [3.63, 3.8) is 0 Å². The first-order valence-electron chi connectivity index (χ1n) is 8.46. The number of amides is 2. The average Bonchev–Trinajstić information content (AvgIpc) is 3.19. The molecule has 1 aliphatic rings. The molecule has 1 aromatic carbocycles. The van der Waals surface area contributed by atoms with Crippen LogP contribution in [0.4, 0.5) is 0 Å². The van der Waals surface area contributed by atoms with Gasteiger partial charge in [0.2, 0.25) is 11.8 Å². The lowest BCUT2D eigenvalue weighted by Gasteiger charge is -2.33. The second kappa shape index (κ2) is 9.22. The molecular formula is C20H18Cl2N2O2S. The molecule has 4 nitrogen and oxygen atoms in total. The molecule has 27 heavy (non-hydrogen) atoms. The maximum atomic E-state index is 12.4. The first kappa shape index (κ1) is 19.7. The number of hydrogen-bond donors (Lipinski definition) is 0. The van der Waals surface area contributed by atoms with Crippen LogP contribution in [-0.2, 0) is 9.59 Å². The molecule has 0 aliphatic carbocycles. The summed E-state index contributed by atoms with van der Waals surface area (Å²) in [6.45, 7) is 2.02. The van der Waals surface area contributed by atoms with Crippen molar-refractivity contribution in [3.05, 3.63) is 68.3 Å². The molecular weight excluding hydrogens is 403 g/mol. The van der Waals surface area contributed by atoms with Crippen molar-refractivity contribution >= 4 is 58.5 Å². The maximum Gasteiger partial charge on any atom is 0.246 e. The minimum atomic E-state index is -0.118. The van der Waals surface area contributed by atoms with Crippen molar-refractivity contribution in [3.8, 4) is 0 Å². The summed E-state index contributed by atoms with van der Waals surface area (Å²) in [5, 5.41) is 2.97. The molecule has 3 rings (SSSR count). The van der Waals surface area contributed by atoms with E-state index in [1.54, 1.807) is 51.5 Å². The average molecular weight is 421 g/mol. The zero-order chi connectivity index (χ0) is 19.2. The molecule has 2 heterocycles. The van der Waals surface area contributed by atoms with Gasteiger partial charge in [-0.3, -0.25) is 9.59 Å². The van der Waals surface area contributed by atoms with Gasteiger partial charge in [0.15, 0.2) is 0 Å². The Morgan fingerprint density at radius 2 is 1.41 bits per heavy atom. The number of rotatable bonds is 4. The lowest BCUT2D eigenvalue weighted by molar-refractivity contribution is -0.133. The monoisotopic (exact) mass is 420 g/mol. The Hall–Kier alpha value is -2.08. The fraction of sp³-hybridized carbons (Fsp3) is 0.200. The molecule has 0 unspecified atom stereocenters. The third-order valence-corrected chi connectivity index (χ3v) is 5.73. The molecule has 2 aromatic rings. The van der Waals surface area contributed by atoms with Crippen molar-refractivity contribution in [2.24, 2.45) is 0 Å². The molecule has 0 atom stereocenters. The Morgan fingerprint density at radius 1 is 0.852 bits per heavy atom. The van der Waals surface area contributed by atoms with Gasteiger partial charge < -0.3 is 9.80 Å². The van der Waals surface area contributed by atoms with Crippen LogP contribution >= 0.6 is 34.5 Å². The van der Waals surface area contributed by atoms with E-state index in [2.05, 4.69) is 0 Å². The van der Waals surface area contributed by atoms with E-state index in [4.69, 9.17) is 23.2 Å². The summed E-state index contributed by atoms with van der Waals surface area (Å²) in [6.07, 6.45) is 6.51. The van der Waals surface area contributed by atoms with Gasteiger partial charge in [0.05, 0.1) is 0 Å². The highest BCUT2D eigenvalue weighted by Gasteiger charge is 2.21. The minimum Gasteiger partial charge on any atom is -0.336 e. The van der Waals surface area contributed by atoms with Crippen molar-refractivity contribution in [1.29, 1.82) is 0 Å². The summed E-state index contributed by atoms with van der Waals surface area (Å²) < 4.78 is 0. The number of thiophene rings is 1. The van der Waals surface area contributed by atoms with Crippen molar-refractivity contribution in [1.82, 2.24) is 9.80 Å². The number of hydrogen-bond acceptors (Lipinski definition) is 3. The van der Waals surface area contributed by atoms with Crippen LogP contribution in [0.15, 0.2) is 47.9 Å². The molecule has 1 fully saturated rings. The van der Waals surface area contributed by atoms with Gasteiger partial charge in [0.25, 0.3) is 0 Å². The van der Waals surface area contributed by atoms with Gasteiger partial charge in [-0.1, -0.05) is 35.3 Å². The van der Waals surface area contributed by atoms with E-state index in [1.165, 1.54) is 6.08 Å². The zero-order valence-electron chi connectivity index (χ0n) is 14.5. The second-order valence-electron chi connectivity index (χ2n) is 5.97. The molecule has 2 amide bonds. The summed E-state index contributed by atoms with van der Waals surface area (Å²) in [5.41, 5.74) is 0.627. The quantitative estimate of drug-likeness (QED) is 0.685. The van der Waals surface area contributed by atoms with Gasteiger partial charge in [-0.25, -0.2) is 0 Å². The van der Waals surface area contributed by atoms with Gasteiger partial charge >= 0.3 is 0 Å². The van der Waals surface area contributed by atoms with E-state index in [0.717, 1.165) is 4.88 Å². The molecule has 0 spiro atoms. The van der Waals surface area contributed by atoms with E-state index in [9.17, 15) is 9.59 Å². The Bertz CT molecular complexity index is 850. The second-order valence-corrected chi connectivity index (χ2v) is 7.76. The smallest absolute Gasteiger partial charge is 0.246 e. The first-order valence-corrected chi connectivity index (χ1v) is 10.1. The van der Waals surface area contributed by atoms with E-state index in [-0.39, 0.29) is 11.8 Å². The fourth-order valence-electron chi connectivity index (χ4n) is 2.72. The van der Waals surface area contributed by atoms with Crippen molar-refractivity contribution < 1.29 is 9.59 Å². The van der Waals surface area contributed by atoms with Crippen molar-refractivity contribution in [2.75, 3.05) is 26.2 Å². The van der Waals surface area contributed by atoms with Crippen LogP contribution in [0.25, 0.3) is 12.2 Å². The molecule has 7 heteroatoms. The van der Waals surface area contributed by atoms with Crippen molar-refractivity contribution in [2.45, 2.75) is 0 Å². The normalized spacial score (nSPS) is 15.0. The number of carbonyl (C=O) groups excluding carboxylic acids is 2. The number of carbonyl (C=O) groups is 2. The van der Waals surface area contributed by atoms with Gasteiger partial charge in [-0.2, -0.15) is 0 Å². The van der Waals surface area contributed by atoms with Crippen LogP contribution in [0.2, 0.25) is 10.0 Å². The number of halogens is 2. The van der Waals surface area contributed by atoms with Gasteiger partial charge in [0.1, 0.15) is 0 Å². The highest BCUT2D eigenvalue weighted by Crippen LogP contribution is 2.25. The summed E-state index contributed by atoms with van der Waals surface area (Å²) in [5.74, 6) is -0.152. The van der Waals surface area contributed by atoms with Crippen LogP contribution in [0.3, 0.4) is 0 Å². The fourth-order valence-corrected chi connectivity index (χ4v) is 3.86. The molecule has 1 saturated heterocycles. The number of benzene rings is 1. The highest BCUT2D eigenvalue weighted by atomic mass is 35.5. The predicted molar refractivity (Wildman–Crippen MR) is 112 cm³/mol. The number of piperazine rings is 1. The minimum absolute atomic E-state index is 0.0334. The third-order valence-electron chi connectivity index (χ3n) is 4.23. The Kier molecular flexibility index (Phi) is 6.72. The molecule has 1 aliphatic heterocycles. The Balaban J connectivity index is 1.53. The van der Waals surface area contributed by atoms with Crippen LogP contribution in [-0.4, -0.2) is 47.8 Å². The summed E-state index contributed by atoms with van der Waals surface area (Å²) >= 11 is 13.8. The summed E-state index contributed by atoms with van der Waals surface area (Å²) in [4.78, 5) is 29.2. The molecule has 140 valence electrons. The molecule has 0 bridgehead atoms. The Labute approximate surface area is 172 Å². The first-order chi connectivity index (χ1) is 13.0. The molecule has 0 N–H and O–H groups in total. The van der Waals surface area contributed by atoms with Crippen LogP contribution in [0.5, 0.6) is 0 Å². The largest absolute Gasteiger partial charge is 0.336 e. The lowest BCUT2D eigenvalue weighted by Crippen LogP contribution is -2.49. The van der Waals surface area contributed by atoms with E-state index >= 15 is 0 Å². The van der Waals surface area contributed by atoms with Gasteiger partial charge in [-0.15, -0.1) is 11.3 Å². The summed E-state index contributed by atoms with van der Waals surface area (Å²) in [7, 11) is 0. The standard InChI is InChI=1S/C20H18Cl2N2O2S/c21-17-4-1-5-18(22)16(17)7-9-20(26)24-12-10-23(11-13-24)19(25)8-6-15-3-2-14-27-15/h1-9,14H,10-13H2/b8-6+,9-7+. The van der Waals surface area contributed by atoms with Crippen LogP contribution in [0.1, 0.15) is 10.4 Å². The van der Waals surface area contributed by atoms with Crippen LogP contribution < -0.4 is 0 Å². The molecule has 0 saturated carbocycles. The maximum absolute atomic E-state index is 12.4. The van der Waals surface area contributed by atoms with Crippen LogP contribution in [0, 0.1) is 0 Å². The zero-order valence-corrected chi connectivity index (χ0v) is 16.8. The topological polar surface area (TPSA) is 40.6 Å². The van der Waals surface area contributed by atoms with Gasteiger partial charge in [0, 0.05) is 58.8 Å². The van der Waals surface area contributed by atoms with E-state index in [1.807, 2.05) is 23.6 Å². The Morgan fingerprint density at radius 3 is 1.93 bits per heavy atom. The highest BCUT2D eigenvalue weighted by molar-refractivity contribution is 7.10. The van der Waals surface area contributed by atoms with E-state index < -0.39 is 0 Å². The molecule has 1 aromatic heterocycles. The molecule has 0 radical (unpaired) electrons.